The van der Waals surface area contributed by atoms with Crippen LogP contribution in [0.5, 0.6) is 11.5 Å². The summed E-state index contributed by atoms with van der Waals surface area (Å²) in [5.41, 5.74) is 0.995. The Balaban J connectivity index is 1.55. The fraction of sp³-hybridized carbons (Fsp3) is 0.417. The Morgan fingerprint density at radius 3 is 2.48 bits per heavy atom. The van der Waals surface area contributed by atoms with Crippen LogP contribution in [-0.4, -0.2) is 35.8 Å². The maximum Gasteiger partial charge on any atom is 0.166 e. The molecule has 2 atom stereocenters. The summed E-state index contributed by atoms with van der Waals surface area (Å²) in [5, 5.41) is 11.3. The van der Waals surface area contributed by atoms with Crippen molar-refractivity contribution in [1.82, 2.24) is 4.90 Å². The molecule has 2 saturated heterocycles. The first-order valence-electron chi connectivity index (χ1n) is 10.2. The van der Waals surface area contributed by atoms with Crippen molar-refractivity contribution in [2.45, 2.75) is 49.9 Å². The Labute approximate surface area is 171 Å². The van der Waals surface area contributed by atoms with Crippen molar-refractivity contribution in [3.05, 3.63) is 72.1 Å². The largest absolute Gasteiger partial charge is 0.493 e. The molecular weight excluding hydrogens is 369 g/mol. The van der Waals surface area contributed by atoms with Gasteiger partial charge in [-0.3, -0.25) is 4.90 Å². The maximum atomic E-state index is 13.3. The molecule has 2 aromatic rings. The normalized spacial score (nSPS) is 26.3. The smallest absolute Gasteiger partial charge is 0.166 e. The molecule has 154 valence electrons. The second kappa shape index (κ2) is 8.17. The van der Waals surface area contributed by atoms with Gasteiger partial charge in [-0.1, -0.05) is 36.9 Å². The number of fused-ring (bicyclic) bond motifs is 2. The van der Waals surface area contributed by atoms with Crippen LogP contribution in [0.3, 0.4) is 0 Å². The molecule has 4 nitrogen and oxygen atoms in total. The van der Waals surface area contributed by atoms with Crippen molar-refractivity contribution in [1.29, 1.82) is 0 Å². The molecule has 2 bridgehead atoms. The maximum absolute atomic E-state index is 13.3. The van der Waals surface area contributed by atoms with Crippen LogP contribution < -0.4 is 9.47 Å². The van der Waals surface area contributed by atoms with E-state index < -0.39 is 5.60 Å². The van der Waals surface area contributed by atoms with Crippen molar-refractivity contribution in [3.63, 3.8) is 0 Å². The van der Waals surface area contributed by atoms with Crippen LogP contribution in [0.1, 0.15) is 36.8 Å². The molecular formula is C24H28FNO3. The van der Waals surface area contributed by atoms with Crippen molar-refractivity contribution < 1.29 is 19.0 Å². The number of methoxy groups -OCH3 is 1. The lowest BCUT2D eigenvalue weighted by Gasteiger charge is -2.44. The molecule has 5 heteroatoms. The van der Waals surface area contributed by atoms with Crippen LogP contribution >= 0.6 is 0 Å². The monoisotopic (exact) mass is 397 g/mol. The Bertz CT molecular complexity index is 853. The van der Waals surface area contributed by atoms with Crippen molar-refractivity contribution in [2.75, 3.05) is 13.7 Å². The summed E-state index contributed by atoms with van der Waals surface area (Å²) >= 11 is 0. The molecule has 1 N–H and O–H groups in total. The van der Waals surface area contributed by atoms with E-state index in [1.807, 2.05) is 12.1 Å². The highest BCUT2D eigenvalue weighted by Crippen LogP contribution is 2.47. The number of nitrogens with zero attached hydrogens (tertiary/aromatic N) is 1. The predicted octanol–water partition coefficient (Wildman–Crippen LogP) is 4.41. The van der Waals surface area contributed by atoms with E-state index in [-0.39, 0.29) is 17.9 Å². The van der Waals surface area contributed by atoms with Gasteiger partial charge in [0.1, 0.15) is 12.4 Å². The minimum absolute atomic E-state index is 0.275. The highest BCUT2D eigenvalue weighted by Gasteiger charge is 2.48. The zero-order chi connectivity index (χ0) is 20.4. The Morgan fingerprint density at radius 1 is 1.17 bits per heavy atom. The fourth-order valence-corrected chi connectivity index (χ4v) is 4.92. The average molecular weight is 397 g/mol. The first-order chi connectivity index (χ1) is 14.0. The minimum atomic E-state index is -0.896. The summed E-state index contributed by atoms with van der Waals surface area (Å²) in [6.07, 6.45) is 5.15. The van der Waals surface area contributed by atoms with Gasteiger partial charge >= 0.3 is 0 Å². The minimum Gasteiger partial charge on any atom is -0.493 e. The SMILES string of the molecule is C=CCOc1c(CN2[C@@H]3CC[C@@H]2CC(O)(c2ccc(F)cc2)C3)cccc1OC. The van der Waals surface area contributed by atoms with Gasteiger partial charge in [0.15, 0.2) is 11.5 Å². The van der Waals surface area contributed by atoms with E-state index in [0.29, 0.717) is 19.4 Å². The Morgan fingerprint density at radius 2 is 1.86 bits per heavy atom. The number of rotatable bonds is 7. The van der Waals surface area contributed by atoms with Crippen molar-refractivity contribution in [2.24, 2.45) is 0 Å². The molecule has 0 unspecified atom stereocenters. The molecule has 0 spiro atoms. The van der Waals surface area contributed by atoms with Crippen LogP contribution in [0.2, 0.25) is 0 Å². The van der Waals surface area contributed by atoms with Crippen LogP contribution in [0.4, 0.5) is 4.39 Å². The lowest BCUT2D eigenvalue weighted by atomic mass is 9.80. The summed E-state index contributed by atoms with van der Waals surface area (Å²) in [7, 11) is 1.65. The van der Waals surface area contributed by atoms with Gasteiger partial charge in [-0.15, -0.1) is 0 Å². The lowest BCUT2D eigenvalue weighted by Crippen LogP contribution is -2.49. The third-order valence-corrected chi connectivity index (χ3v) is 6.28. The van der Waals surface area contributed by atoms with Crippen LogP contribution in [0, 0.1) is 5.82 Å². The fourth-order valence-electron chi connectivity index (χ4n) is 4.92. The second-order valence-corrected chi connectivity index (χ2v) is 8.05. The van der Waals surface area contributed by atoms with Gasteiger partial charge in [-0.2, -0.15) is 0 Å². The van der Waals surface area contributed by atoms with Crippen LogP contribution in [-0.2, 0) is 12.1 Å². The van der Waals surface area contributed by atoms with Gasteiger partial charge in [-0.05, 0) is 49.4 Å². The zero-order valence-electron chi connectivity index (χ0n) is 16.8. The first kappa shape index (κ1) is 19.9. The number of hydrogen-bond acceptors (Lipinski definition) is 4. The molecule has 2 fully saturated rings. The first-order valence-corrected chi connectivity index (χ1v) is 10.2. The number of ether oxygens (including phenoxy) is 2. The number of para-hydroxylation sites is 1. The van der Waals surface area contributed by atoms with E-state index in [4.69, 9.17) is 9.47 Å². The van der Waals surface area contributed by atoms with E-state index in [1.54, 1.807) is 25.3 Å². The summed E-state index contributed by atoms with van der Waals surface area (Å²) in [6.45, 7) is 4.90. The molecule has 2 heterocycles. The standard InChI is InChI=1S/C24H28FNO3/c1-3-13-29-23-17(5-4-6-22(23)28-2)16-26-20-11-12-21(26)15-24(27,14-20)18-7-9-19(25)10-8-18/h3-10,20-21,27H,1,11-16H2,2H3/t20-,21-/m1/s1. The molecule has 0 amide bonds. The van der Waals surface area contributed by atoms with Gasteiger partial charge in [0.05, 0.1) is 12.7 Å². The lowest BCUT2D eigenvalue weighted by molar-refractivity contribution is -0.0596. The summed E-state index contributed by atoms with van der Waals surface area (Å²) in [4.78, 5) is 2.48. The third-order valence-electron chi connectivity index (χ3n) is 6.28. The summed E-state index contributed by atoms with van der Waals surface area (Å²) in [6, 6.07) is 12.8. The van der Waals surface area contributed by atoms with Gasteiger partial charge in [0.2, 0.25) is 0 Å². The van der Waals surface area contributed by atoms with E-state index in [0.717, 1.165) is 42.0 Å². The number of piperidine rings is 1. The van der Waals surface area contributed by atoms with E-state index in [1.165, 1.54) is 12.1 Å². The second-order valence-electron chi connectivity index (χ2n) is 8.05. The van der Waals surface area contributed by atoms with Gasteiger partial charge in [-0.25, -0.2) is 4.39 Å². The van der Waals surface area contributed by atoms with Gasteiger partial charge in [0, 0.05) is 24.2 Å². The Kier molecular flexibility index (Phi) is 5.61. The molecule has 29 heavy (non-hydrogen) atoms. The molecule has 2 aliphatic heterocycles. The van der Waals surface area contributed by atoms with Gasteiger partial charge < -0.3 is 14.6 Å². The molecule has 2 aromatic carbocycles. The number of hydrogen-bond donors (Lipinski definition) is 1. The predicted molar refractivity (Wildman–Crippen MR) is 111 cm³/mol. The van der Waals surface area contributed by atoms with Crippen LogP contribution in [0.25, 0.3) is 0 Å². The molecule has 0 radical (unpaired) electrons. The topological polar surface area (TPSA) is 41.9 Å². The van der Waals surface area contributed by atoms with Gasteiger partial charge in [0.25, 0.3) is 0 Å². The zero-order valence-corrected chi connectivity index (χ0v) is 16.8. The molecule has 0 aromatic heterocycles. The average Bonchev–Trinajstić information content (AvgIpc) is 2.96. The van der Waals surface area contributed by atoms with Crippen molar-refractivity contribution in [3.8, 4) is 11.5 Å². The third kappa shape index (κ3) is 3.89. The van der Waals surface area contributed by atoms with E-state index in [9.17, 15) is 9.50 Å². The molecule has 0 saturated carbocycles. The summed E-state index contributed by atoms with van der Waals surface area (Å²) < 4.78 is 24.7. The highest BCUT2D eigenvalue weighted by molar-refractivity contribution is 5.47. The van der Waals surface area contributed by atoms with E-state index in [2.05, 4.69) is 17.5 Å². The van der Waals surface area contributed by atoms with Crippen molar-refractivity contribution >= 4 is 0 Å². The Hall–Kier alpha value is -2.37. The summed E-state index contributed by atoms with van der Waals surface area (Å²) in [5.74, 6) is 1.20. The molecule has 4 rings (SSSR count). The molecule has 0 aliphatic carbocycles. The number of halogens is 1. The van der Waals surface area contributed by atoms with Crippen LogP contribution in [0.15, 0.2) is 55.1 Å². The highest BCUT2D eigenvalue weighted by atomic mass is 19.1. The quantitative estimate of drug-likeness (QED) is 0.703. The van der Waals surface area contributed by atoms with E-state index >= 15 is 0 Å². The molecule has 2 aliphatic rings. The number of benzene rings is 2. The number of aliphatic hydroxyl groups is 1.